The van der Waals surface area contributed by atoms with E-state index >= 15 is 0 Å². The van der Waals surface area contributed by atoms with Crippen molar-refractivity contribution in [2.75, 3.05) is 9.91 Å². The monoisotopic (exact) mass is 774 g/mol. The fraction of sp³-hybridized carbons (Fsp3) is 0.121. The molecule has 0 fully saturated rings. The number of aromatic nitrogens is 3. The molecule has 3 aromatic heterocycles. The summed E-state index contributed by atoms with van der Waals surface area (Å²) in [7, 11) is 0. The summed E-state index contributed by atoms with van der Waals surface area (Å²) in [5.74, 6) is -3.06. The maximum absolute atomic E-state index is 14.0. The van der Waals surface area contributed by atoms with E-state index < -0.39 is 23.8 Å². The Balaban J connectivity index is 0.000000207. The summed E-state index contributed by atoms with van der Waals surface area (Å²) in [6.45, 7) is 7.77. The van der Waals surface area contributed by atoms with Crippen molar-refractivity contribution in [1.82, 2.24) is 15.0 Å². The van der Waals surface area contributed by atoms with Gasteiger partial charge < -0.3 is 19.9 Å². The quantitative estimate of drug-likeness (QED) is 0.108. The number of pyridine rings is 3. The van der Waals surface area contributed by atoms with Crippen LogP contribution in [0.2, 0.25) is 0 Å². The number of nitrogens with zero attached hydrogens (tertiary/aromatic N) is 6. The van der Waals surface area contributed by atoms with Crippen LogP contribution in [-0.2, 0) is 25.5 Å². The number of benzene rings is 2. The van der Waals surface area contributed by atoms with Crippen LogP contribution >= 0.6 is 0 Å². The third kappa shape index (κ3) is 7.53. The molecule has 0 aliphatic carbocycles. The van der Waals surface area contributed by atoms with Crippen molar-refractivity contribution in [3.05, 3.63) is 145 Å². The van der Waals surface area contributed by atoms with Gasteiger partial charge in [0.05, 0.1) is 5.95 Å². The van der Waals surface area contributed by atoms with Crippen LogP contribution in [0.1, 0.15) is 31.9 Å². The Labute approximate surface area is 266 Å². The Morgan fingerprint density at radius 2 is 1.39 bits per heavy atom. The van der Waals surface area contributed by atoms with Crippen molar-refractivity contribution in [2.45, 2.75) is 26.2 Å². The largest absolute Gasteiger partial charge is 3.00 e. The van der Waals surface area contributed by atoms with Gasteiger partial charge in [0.2, 0.25) is 0 Å². The van der Waals surface area contributed by atoms with Gasteiger partial charge in [0.25, 0.3) is 0 Å². The van der Waals surface area contributed by atoms with E-state index in [9.17, 15) is 17.6 Å². The zero-order valence-corrected chi connectivity index (χ0v) is 26.2. The molecular weight excluding hydrogens is 749 g/mol. The number of rotatable bonds is 4. The molecule has 2 aromatic carbocycles. The molecule has 0 N–H and O–H groups in total. The van der Waals surface area contributed by atoms with Crippen molar-refractivity contribution in [3.63, 3.8) is 0 Å². The van der Waals surface area contributed by atoms with Crippen LogP contribution in [0.3, 0.4) is 0 Å². The normalized spacial score (nSPS) is 12.7. The number of halogens is 4. The number of hydrazone groups is 1. The fourth-order valence-corrected chi connectivity index (χ4v) is 4.12. The topological polar surface area (TPSA) is 57.5 Å². The van der Waals surface area contributed by atoms with Gasteiger partial charge in [-0.3, -0.25) is 13.8 Å². The van der Waals surface area contributed by atoms with E-state index in [1.54, 1.807) is 18.9 Å². The van der Waals surface area contributed by atoms with Crippen LogP contribution in [0.15, 0.2) is 96.2 Å². The first kappa shape index (κ1) is 32.4. The van der Waals surface area contributed by atoms with Gasteiger partial charge >= 0.3 is 20.1 Å². The molecule has 0 atom stereocenters. The first-order valence-electron chi connectivity index (χ1n) is 13.2. The molecule has 0 unspecified atom stereocenters. The fourth-order valence-electron chi connectivity index (χ4n) is 4.12. The van der Waals surface area contributed by atoms with Crippen molar-refractivity contribution in [2.24, 2.45) is 5.10 Å². The number of anilines is 2. The minimum absolute atomic E-state index is 0. The van der Waals surface area contributed by atoms with Crippen molar-refractivity contribution in [1.29, 1.82) is 0 Å². The van der Waals surface area contributed by atoms with Gasteiger partial charge in [0, 0.05) is 17.4 Å². The second-order valence-electron chi connectivity index (χ2n) is 10.4. The molecule has 6 nitrogen and oxygen atoms in total. The molecular formula is C33H25F4IrN6. The molecule has 224 valence electrons. The van der Waals surface area contributed by atoms with Gasteiger partial charge in [0.15, 0.2) is 0 Å². The van der Waals surface area contributed by atoms with Crippen LogP contribution in [0.4, 0.5) is 28.9 Å². The van der Waals surface area contributed by atoms with Gasteiger partial charge in [-0.05, 0) is 40.6 Å². The van der Waals surface area contributed by atoms with Crippen LogP contribution in [0, 0.1) is 42.6 Å². The van der Waals surface area contributed by atoms with Crippen LogP contribution in [-0.4, -0.2) is 20.8 Å². The summed E-state index contributed by atoms with van der Waals surface area (Å²) in [5.41, 5.74) is 3.12. The van der Waals surface area contributed by atoms with E-state index in [2.05, 4.69) is 53.0 Å². The first-order valence-corrected chi connectivity index (χ1v) is 13.2. The van der Waals surface area contributed by atoms with Gasteiger partial charge in [-0.2, -0.15) is 11.2 Å². The molecule has 0 spiro atoms. The molecule has 0 saturated carbocycles. The summed E-state index contributed by atoms with van der Waals surface area (Å²) in [4.78, 5) is 12.2. The van der Waals surface area contributed by atoms with E-state index in [4.69, 9.17) is 0 Å². The molecule has 0 saturated heterocycles. The average Bonchev–Trinajstić information content (AvgIpc) is 3.43. The summed E-state index contributed by atoms with van der Waals surface area (Å²) >= 11 is 0. The Bertz CT molecular complexity index is 1750. The minimum Gasteiger partial charge on any atom is -0.456 e. The zero-order chi connectivity index (χ0) is 30.6. The van der Waals surface area contributed by atoms with Crippen LogP contribution in [0.5, 0.6) is 0 Å². The predicted molar refractivity (Wildman–Crippen MR) is 157 cm³/mol. The Morgan fingerprint density at radius 1 is 0.773 bits per heavy atom. The van der Waals surface area contributed by atoms with Gasteiger partial charge in [-0.15, -0.1) is 18.8 Å². The Morgan fingerprint density at radius 3 is 2.00 bits per heavy atom. The molecule has 6 rings (SSSR count). The van der Waals surface area contributed by atoms with E-state index in [1.807, 2.05) is 71.6 Å². The summed E-state index contributed by atoms with van der Waals surface area (Å²) < 4.78 is 53.4. The molecule has 44 heavy (non-hydrogen) atoms. The van der Waals surface area contributed by atoms with Crippen molar-refractivity contribution >= 4 is 17.2 Å². The summed E-state index contributed by atoms with van der Waals surface area (Å²) in [5, 5.41) is 5.77. The first-order chi connectivity index (χ1) is 20.6. The second-order valence-corrected chi connectivity index (χ2v) is 10.4. The Kier molecular flexibility index (Phi) is 10.2. The smallest absolute Gasteiger partial charge is 0.456 e. The molecule has 0 radical (unpaired) electrons. The molecule has 11 heteroatoms. The Hall–Kier alpha value is -4.47. The molecule has 1 aliphatic rings. The summed E-state index contributed by atoms with van der Waals surface area (Å²) in [6, 6.07) is 29.8. The third-order valence-corrected chi connectivity index (χ3v) is 6.31. The van der Waals surface area contributed by atoms with Crippen molar-refractivity contribution in [3.8, 4) is 11.3 Å². The van der Waals surface area contributed by atoms with E-state index in [0.717, 1.165) is 28.9 Å². The van der Waals surface area contributed by atoms with E-state index in [-0.39, 0.29) is 36.8 Å². The zero-order valence-electron chi connectivity index (χ0n) is 23.8. The van der Waals surface area contributed by atoms with Gasteiger partial charge in [-0.1, -0.05) is 87.0 Å². The van der Waals surface area contributed by atoms with Crippen LogP contribution < -0.4 is 9.91 Å². The van der Waals surface area contributed by atoms with Crippen LogP contribution in [0.25, 0.3) is 11.3 Å². The van der Waals surface area contributed by atoms with E-state index in [0.29, 0.717) is 11.5 Å². The molecule has 0 amide bonds. The maximum atomic E-state index is 14.0. The predicted octanol–water partition coefficient (Wildman–Crippen LogP) is 7.48. The van der Waals surface area contributed by atoms with Gasteiger partial charge in [-0.25, -0.2) is 8.78 Å². The van der Waals surface area contributed by atoms with Crippen molar-refractivity contribution < 1.29 is 37.7 Å². The molecule has 5 aromatic rings. The number of hydrogen-bond donors (Lipinski definition) is 0. The number of amidine groups is 1. The van der Waals surface area contributed by atoms with E-state index in [1.165, 1.54) is 5.01 Å². The third-order valence-electron chi connectivity index (χ3n) is 6.31. The number of para-hydroxylation sites is 1. The minimum atomic E-state index is -0.970. The molecule has 0 bridgehead atoms. The summed E-state index contributed by atoms with van der Waals surface area (Å²) in [6.07, 6.45) is 1.60. The maximum Gasteiger partial charge on any atom is 3.00 e. The second kappa shape index (κ2) is 13.9. The average molecular weight is 774 g/mol. The SMILES string of the molecule is CC(C)(C)c1ccnc(-c2[c-]cc(F)nc2F)c1.Fc1c[c-]c(N2[CH-]N(c3ccccc3)C(c3ccccc3)=N2)c(F)n1.[Ir+3]. The molecule has 4 heterocycles. The number of hydrogen-bond acceptors (Lipinski definition) is 6. The van der Waals surface area contributed by atoms with Gasteiger partial charge in [0.1, 0.15) is 23.7 Å². The molecule has 1 aliphatic heterocycles. The standard InChI is InChI=1S/C19H12F2N4.C14H13F2N2.Ir/c20-17-12-11-16(18(21)22-17)25-13-24(15-9-5-2-6-10-15)19(23-25)14-7-3-1-4-8-14;1-14(2,3)9-6-7-17-11(8-9)10-4-5-12(15)18-13(10)16;/h1-10,12-13H;5-8H,1-3H3;/q-2;-1;+3.